The summed E-state index contributed by atoms with van der Waals surface area (Å²) in [6.07, 6.45) is 3.39. The van der Waals surface area contributed by atoms with Crippen LogP contribution in [0.4, 0.5) is 5.69 Å². The standard InChI is InChI=1S/C10H15ClN2/c1-7(2)8(3)13-10-4-5-12-6-9(10)11/h4-8H,1-3H3,(H,12,13). The molecule has 1 N–H and O–H groups in total. The largest absolute Gasteiger partial charge is 0.381 e. The summed E-state index contributed by atoms with van der Waals surface area (Å²) < 4.78 is 0. The van der Waals surface area contributed by atoms with Crippen molar-refractivity contribution in [2.24, 2.45) is 5.92 Å². The van der Waals surface area contributed by atoms with Crippen LogP contribution < -0.4 is 5.32 Å². The van der Waals surface area contributed by atoms with Crippen LogP contribution in [0, 0.1) is 5.92 Å². The summed E-state index contributed by atoms with van der Waals surface area (Å²) in [4.78, 5) is 3.93. The van der Waals surface area contributed by atoms with Crippen molar-refractivity contribution in [1.29, 1.82) is 0 Å². The molecule has 3 heteroatoms. The molecule has 0 spiro atoms. The summed E-state index contributed by atoms with van der Waals surface area (Å²) in [5.74, 6) is 0.587. The molecule has 1 rings (SSSR count). The fourth-order valence-electron chi connectivity index (χ4n) is 0.904. The molecule has 72 valence electrons. The molecule has 13 heavy (non-hydrogen) atoms. The van der Waals surface area contributed by atoms with E-state index in [2.05, 4.69) is 31.1 Å². The number of hydrogen-bond acceptors (Lipinski definition) is 2. The van der Waals surface area contributed by atoms with Crippen molar-refractivity contribution in [3.63, 3.8) is 0 Å². The summed E-state index contributed by atoms with van der Waals surface area (Å²) in [6, 6.07) is 2.31. The van der Waals surface area contributed by atoms with Crippen LogP contribution in [0.5, 0.6) is 0 Å². The molecule has 0 aromatic carbocycles. The number of halogens is 1. The highest BCUT2D eigenvalue weighted by molar-refractivity contribution is 6.33. The smallest absolute Gasteiger partial charge is 0.0820 e. The molecule has 0 saturated carbocycles. The Balaban J connectivity index is 2.69. The molecule has 2 nitrogen and oxygen atoms in total. The van der Waals surface area contributed by atoms with Crippen molar-refractivity contribution in [2.75, 3.05) is 5.32 Å². The first-order valence-corrected chi connectivity index (χ1v) is 4.85. The van der Waals surface area contributed by atoms with Crippen LogP contribution in [0.1, 0.15) is 20.8 Å². The Bertz CT molecular complexity index is 273. The minimum Gasteiger partial charge on any atom is -0.381 e. The Morgan fingerprint density at radius 2 is 2.08 bits per heavy atom. The summed E-state index contributed by atoms with van der Waals surface area (Å²) in [5, 5.41) is 4.01. The zero-order chi connectivity index (χ0) is 9.84. The predicted molar refractivity (Wildman–Crippen MR) is 57.2 cm³/mol. The van der Waals surface area contributed by atoms with Gasteiger partial charge in [0.25, 0.3) is 0 Å². The maximum Gasteiger partial charge on any atom is 0.0820 e. The molecule has 0 radical (unpaired) electrons. The fraction of sp³-hybridized carbons (Fsp3) is 0.500. The monoisotopic (exact) mass is 198 g/mol. The van der Waals surface area contributed by atoms with Gasteiger partial charge in [0.05, 0.1) is 10.7 Å². The zero-order valence-electron chi connectivity index (χ0n) is 8.21. The quantitative estimate of drug-likeness (QED) is 0.807. The van der Waals surface area contributed by atoms with Crippen molar-refractivity contribution in [3.05, 3.63) is 23.5 Å². The Kier molecular flexibility index (Phi) is 3.55. The minimum absolute atomic E-state index is 0.417. The van der Waals surface area contributed by atoms with Gasteiger partial charge in [-0.15, -0.1) is 0 Å². The molecule has 1 heterocycles. The Hall–Kier alpha value is -0.760. The number of nitrogens with zero attached hydrogens (tertiary/aromatic N) is 1. The van der Waals surface area contributed by atoms with Gasteiger partial charge in [0.2, 0.25) is 0 Å². The van der Waals surface area contributed by atoms with Gasteiger partial charge in [-0.3, -0.25) is 4.98 Å². The van der Waals surface area contributed by atoms with Crippen LogP contribution in [-0.4, -0.2) is 11.0 Å². The highest BCUT2D eigenvalue weighted by Crippen LogP contribution is 2.21. The van der Waals surface area contributed by atoms with Gasteiger partial charge in [-0.05, 0) is 18.9 Å². The fourth-order valence-corrected chi connectivity index (χ4v) is 1.08. The number of nitrogens with one attached hydrogen (secondary N) is 1. The minimum atomic E-state index is 0.417. The van der Waals surface area contributed by atoms with Crippen molar-refractivity contribution >= 4 is 17.3 Å². The third-order valence-corrected chi connectivity index (χ3v) is 2.46. The van der Waals surface area contributed by atoms with E-state index in [1.165, 1.54) is 0 Å². The Labute approximate surface area is 84.3 Å². The molecule has 0 aliphatic carbocycles. The van der Waals surface area contributed by atoms with Gasteiger partial charge >= 0.3 is 0 Å². The van der Waals surface area contributed by atoms with Gasteiger partial charge in [-0.2, -0.15) is 0 Å². The molecule has 0 bridgehead atoms. The van der Waals surface area contributed by atoms with E-state index in [1.807, 2.05) is 6.07 Å². The van der Waals surface area contributed by atoms with Crippen LogP contribution in [-0.2, 0) is 0 Å². The topological polar surface area (TPSA) is 24.9 Å². The van der Waals surface area contributed by atoms with Gasteiger partial charge in [0, 0.05) is 18.4 Å². The lowest BCUT2D eigenvalue weighted by molar-refractivity contribution is 0.560. The van der Waals surface area contributed by atoms with E-state index in [0.717, 1.165) is 5.69 Å². The second-order valence-corrected chi connectivity index (χ2v) is 3.94. The van der Waals surface area contributed by atoms with Crippen LogP contribution in [0.25, 0.3) is 0 Å². The van der Waals surface area contributed by atoms with Crippen molar-refractivity contribution in [3.8, 4) is 0 Å². The number of hydrogen-bond donors (Lipinski definition) is 1. The first-order valence-electron chi connectivity index (χ1n) is 4.47. The number of anilines is 1. The molecule has 0 aliphatic heterocycles. The molecule has 0 saturated heterocycles. The lowest BCUT2D eigenvalue weighted by atomic mass is 10.1. The summed E-state index contributed by atoms with van der Waals surface area (Å²) in [6.45, 7) is 6.49. The number of rotatable bonds is 3. The highest BCUT2D eigenvalue weighted by atomic mass is 35.5. The van der Waals surface area contributed by atoms with Crippen molar-refractivity contribution < 1.29 is 0 Å². The third kappa shape index (κ3) is 2.88. The Morgan fingerprint density at radius 3 is 2.62 bits per heavy atom. The summed E-state index contributed by atoms with van der Waals surface area (Å²) in [5.41, 5.74) is 0.956. The van der Waals surface area contributed by atoms with Crippen LogP contribution in [0.15, 0.2) is 18.5 Å². The average Bonchev–Trinajstić information content (AvgIpc) is 2.08. The van der Waals surface area contributed by atoms with Gasteiger partial charge in [-0.25, -0.2) is 0 Å². The van der Waals surface area contributed by atoms with Gasteiger partial charge in [0.15, 0.2) is 0 Å². The second-order valence-electron chi connectivity index (χ2n) is 3.53. The number of aromatic nitrogens is 1. The zero-order valence-corrected chi connectivity index (χ0v) is 8.97. The summed E-state index contributed by atoms with van der Waals surface area (Å²) in [7, 11) is 0. The highest BCUT2D eigenvalue weighted by Gasteiger charge is 2.07. The van der Waals surface area contributed by atoms with Crippen LogP contribution in [0.3, 0.4) is 0 Å². The molecule has 1 atom stereocenters. The van der Waals surface area contributed by atoms with Crippen molar-refractivity contribution in [1.82, 2.24) is 4.98 Å². The van der Waals surface area contributed by atoms with Crippen LogP contribution in [0.2, 0.25) is 5.02 Å². The van der Waals surface area contributed by atoms with E-state index in [-0.39, 0.29) is 0 Å². The lowest BCUT2D eigenvalue weighted by Gasteiger charge is -2.19. The molecule has 1 unspecified atom stereocenters. The average molecular weight is 199 g/mol. The Morgan fingerprint density at radius 1 is 1.38 bits per heavy atom. The summed E-state index contributed by atoms with van der Waals surface area (Å²) >= 11 is 5.95. The normalized spacial score (nSPS) is 13.0. The molecule has 0 aliphatic rings. The van der Waals surface area contributed by atoms with Crippen molar-refractivity contribution in [2.45, 2.75) is 26.8 Å². The molecule has 0 amide bonds. The maximum atomic E-state index is 5.95. The maximum absolute atomic E-state index is 5.95. The number of pyridine rings is 1. The van der Waals surface area contributed by atoms with Gasteiger partial charge in [0.1, 0.15) is 0 Å². The molecular formula is C10H15ClN2. The third-order valence-electron chi connectivity index (χ3n) is 2.16. The van der Waals surface area contributed by atoms with Gasteiger partial charge in [-0.1, -0.05) is 25.4 Å². The van der Waals surface area contributed by atoms with E-state index >= 15 is 0 Å². The van der Waals surface area contributed by atoms with E-state index in [0.29, 0.717) is 17.0 Å². The SMILES string of the molecule is CC(C)C(C)Nc1ccncc1Cl. The first-order chi connectivity index (χ1) is 6.11. The second kappa shape index (κ2) is 4.47. The van der Waals surface area contributed by atoms with E-state index in [1.54, 1.807) is 12.4 Å². The van der Waals surface area contributed by atoms with Crippen LogP contribution >= 0.6 is 11.6 Å². The molecule has 0 fully saturated rings. The molecular weight excluding hydrogens is 184 g/mol. The van der Waals surface area contributed by atoms with E-state index in [9.17, 15) is 0 Å². The first kappa shape index (κ1) is 10.3. The van der Waals surface area contributed by atoms with Gasteiger partial charge < -0.3 is 5.32 Å². The van der Waals surface area contributed by atoms with E-state index in [4.69, 9.17) is 11.6 Å². The predicted octanol–water partition coefficient (Wildman–Crippen LogP) is 3.19. The molecule has 1 aromatic rings. The lowest BCUT2D eigenvalue weighted by Crippen LogP contribution is -2.21. The van der Waals surface area contributed by atoms with E-state index < -0.39 is 0 Å². The molecule has 1 aromatic heterocycles.